The number of hydrogen-bond acceptors (Lipinski definition) is 4. The van der Waals surface area contributed by atoms with Gasteiger partial charge >= 0.3 is 5.97 Å². The topological polar surface area (TPSA) is 66.8 Å². The number of phenolic OH excluding ortho intramolecular Hbond substituents is 1. The average molecular weight is 580 g/mol. The van der Waals surface area contributed by atoms with E-state index in [9.17, 15) is 14.7 Å². The molecule has 0 aromatic heterocycles. The summed E-state index contributed by atoms with van der Waals surface area (Å²) in [6.45, 7) is 5.52. The molecule has 1 saturated heterocycles. The minimum absolute atomic E-state index is 0.0171. The van der Waals surface area contributed by atoms with Crippen molar-refractivity contribution in [2.24, 2.45) is 23.2 Å². The van der Waals surface area contributed by atoms with E-state index in [-0.39, 0.29) is 17.0 Å². The standard InChI is InChI=1S/C37H57NO4/c1-4-5-24-38(3)33(40)15-13-11-9-7-6-8-10-12-14-27-25-28-26-29(39)16-17-30(28)31-18-21-36(2)32(35(27)31)19-22-37(36)23-20-34(41)42-37/h16-17,26-27,31-32,35,39H,4-15,18-25H2,1-3H3/t27-,31?,32?,35?,36+,37-/m1/s1. The van der Waals surface area contributed by atoms with Gasteiger partial charge in [-0.1, -0.05) is 71.3 Å². The summed E-state index contributed by atoms with van der Waals surface area (Å²) >= 11 is 0. The molecule has 5 nitrogen and oxygen atoms in total. The second kappa shape index (κ2) is 13.7. The van der Waals surface area contributed by atoms with Gasteiger partial charge in [0.25, 0.3) is 0 Å². The molecule has 42 heavy (non-hydrogen) atoms. The molecule has 1 aromatic carbocycles. The molecule has 3 unspecified atom stereocenters. The summed E-state index contributed by atoms with van der Waals surface area (Å²) in [6, 6.07) is 6.14. The first kappa shape index (κ1) is 31.4. The molecule has 1 heterocycles. The molecule has 1 aromatic rings. The lowest BCUT2D eigenvalue weighted by Gasteiger charge is -2.55. The molecule has 3 fully saturated rings. The highest BCUT2D eigenvalue weighted by Gasteiger charge is 2.66. The number of carbonyl (C=O) groups is 2. The molecule has 1 N–H and O–H groups in total. The van der Waals surface area contributed by atoms with Crippen molar-refractivity contribution in [1.29, 1.82) is 0 Å². The van der Waals surface area contributed by atoms with Crippen molar-refractivity contribution in [1.82, 2.24) is 4.90 Å². The Morgan fingerprint density at radius 1 is 1.00 bits per heavy atom. The van der Waals surface area contributed by atoms with E-state index in [1.54, 1.807) is 0 Å². The molecular weight excluding hydrogens is 522 g/mol. The van der Waals surface area contributed by atoms with Gasteiger partial charge in [0.1, 0.15) is 11.4 Å². The number of hydrogen-bond donors (Lipinski definition) is 1. The van der Waals surface area contributed by atoms with Crippen LogP contribution in [-0.2, 0) is 20.7 Å². The Kier molecular flexibility index (Phi) is 10.3. The lowest BCUT2D eigenvalue weighted by molar-refractivity contribution is -0.164. The first-order valence-electron chi connectivity index (χ1n) is 17.6. The first-order chi connectivity index (χ1) is 20.3. The van der Waals surface area contributed by atoms with Crippen molar-refractivity contribution in [3.05, 3.63) is 29.3 Å². The zero-order valence-corrected chi connectivity index (χ0v) is 26.8. The minimum atomic E-state index is -0.224. The van der Waals surface area contributed by atoms with Crippen LogP contribution in [0.1, 0.15) is 146 Å². The largest absolute Gasteiger partial charge is 0.508 e. The van der Waals surface area contributed by atoms with Gasteiger partial charge in [-0.3, -0.25) is 9.59 Å². The Balaban J connectivity index is 1.10. The fraction of sp³-hybridized carbons (Fsp3) is 0.784. The quantitative estimate of drug-likeness (QED) is 0.177. The van der Waals surface area contributed by atoms with Crippen LogP contribution in [0.15, 0.2) is 18.2 Å². The van der Waals surface area contributed by atoms with Crippen LogP contribution in [0.25, 0.3) is 0 Å². The summed E-state index contributed by atoms with van der Waals surface area (Å²) in [6.07, 6.45) is 21.2. The number of aromatic hydroxyl groups is 1. The summed E-state index contributed by atoms with van der Waals surface area (Å²) < 4.78 is 6.19. The van der Waals surface area contributed by atoms with Gasteiger partial charge in [-0.05, 0) is 105 Å². The zero-order chi connectivity index (χ0) is 29.7. The van der Waals surface area contributed by atoms with Crippen molar-refractivity contribution in [2.75, 3.05) is 13.6 Å². The molecule has 4 aliphatic rings. The van der Waals surface area contributed by atoms with Gasteiger partial charge in [0.15, 0.2) is 0 Å². The molecule has 3 aliphatic carbocycles. The highest BCUT2D eigenvalue weighted by molar-refractivity contribution is 5.75. The molecule has 234 valence electrons. The molecule has 1 spiro atoms. The van der Waals surface area contributed by atoms with Crippen molar-refractivity contribution >= 4 is 11.9 Å². The lowest BCUT2D eigenvalue weighted by atomic mass is 9.50. The third kappa shape index (κ3) is 6.41. The van der Waals surface area contributed by atoms with E-state index in [0.29, 0.717) is 48.2 Å². The number of benzene rings is 1. The summed E-state index contributed by atoms with van der Waals surface area (Å²) in [7, 11) is 1.94. The number of nitrogens with zero attached hydrogens (tertiary/aromatic N) is 1. The third-order valence-electron chi connectivity index (χ3n) is 12.2. The van der Waals surface area contributed by atoms with E-state index in [1.165, 1.54) is 75.3 Å². The highest BCUT2D eigenvalue weighted by atomic mass is 16.6. The molecule has 0 radical (unpaired) electrons. The van der Waals surface area contributed by atoms with Gasteiger partial charge in [-0.2, -0.15) is 0 Å². The molecule has 6 atom stereocenters. The van der Waals surface area contributed by atoms with Gasteiger partial charge < -0.3 is 14.7 Å². The molecule has 1 aliphatic heterocycles. The van der Waals surface area contributed by atoms with Gasteiger partial charge in [-0.25, -0.2) is 0 Å². The highest BCUT2D eigenvalue weighted by Crippen LogP contribution is 2.68. The molecule has 1 amide bonds. The fourth-order valence-corrected chi connectivity index (χ4v) is 9.81. The number of rotatable bonds is 14. The van der Waals surface area contributed by atoms with Crippen LogP contribution in [0, 0.1) is 23.2 Å². The Labute approximate surface area is 255 Å². The van der Waals surface area contributed by atoms with E-state index >= 15 is 0 Å². The Morgan fingerprint density at radius 2 is 1.74 bits per heavy atom. The Bertz CT molecular complexity index is 1090. The average Bonchev–Trinajstić information content (AvgIpc) is 3.50. The predicted octanol–water partition coefficient (Wildman–Crippen LogP) is 8.71. The number of esters is 1. The molecule has 2 saturated carbocycles. The lowest BCUT2D eigenvalue weighted by Crippen LogP contribution is -2.52. The van der Waals surface area contributed by atoms with E-state index in [2.05, 4.69) is 19.9 Å². The predicted molar refractivity (Wildman–Crippen MR) is 168 cm³/mol. The van der Waals surface area contributed by atoms with E-state index < -0.39 is 0 Å². The number of amides is 1. The monoisotopic (exact) mass is 579 g/mol. The van der Waals surface area contributed by atoms with Crippen LogP contribution in [0.4, 0.5) is 0 Å². The van der Waals surface area contributed by atoms with Gasteiger partial charge in [0.2, 0.25) is 5.91 Å². The summed E-state index contributed by atoms with van der Waals surface area (Å²) in [5, 5.41) is 10.3. The normalized spacial score (nSPS) is 31.5. The van der Waals surface area contributed by atoms with Gasteiger partial charge in [0.05, 0.1) is 0 Å². The van der Waals surface area contributed by atoms with Crippen LogP contribution in [0.3, 0.4) is 0 Å². The van der Waals surface area contributed by atoms with Crippen molar-refractivity contribution < 1.29 is 19.4 Å². The smallest absolute Gasteiger partial charge is 0.306 e. The van der Waals surface area contributed by atoms with Crippen molar-refractivity contribution in [3.63, 3.8) is 0 Å². The second-order valence-corrected chi connectivity index (χ2v) is 14.6. The fourth-order valence-electron chi connectivity index (χ4n) is 9.81. The summed E-state index contributed by atoms with van der Waals surface area (Å²) in [5.41, 5.74) is 2.73. The third-order valence-corrected chi connectivity index (χ3v) is 12.2. The van der Waals surface area contributed by atoms with Gasteiger partial charge in [-0.15, -0.1) is 0 Å². The second-order valence-electron chi connectivity index (χ2n) is 14.6. The van der Waals surface area contributed by atoms with Crippen molar-refractivity contribution in [3.8, 4) is 5.75 Å². The number of ether oxygens (including phenoxy) is 1. The van der Waals surface area contributed by atoms with Crippen LogP contribution >= 0.6 is 0 Å². The maximum atomic E-state index is 12.3. The van der Waals surface area contributed by atoms with E-state index in [4.69, 9.17) is 4.74 Å². The Hall–Kier alpha value is -2.04. The summed E-state index contributed by atoms with van der Waals surface area (Å²) in [5.74, 6) is 3.22. The number of fused-ring (bicyclic) bond motifs is 6. The van der Waals surface area contributed by atoms with Crippen LogP contribution in [-0.4, -0.2) is 41.1 Å². The molecular formula is C37H57NO4. The van der Waals surface area contributed by atoms with Crippen LogP contribution in [0.2, 0.25) is 0 Å². The maximum absolute atomic E-state index is 12.3. The zero-order valence-electron chi connectivity index (χ0n) is 26.8. The molecule has 5 heteroatoms. The summed E-state index contributed by atoms with van der Waals surface area (Å²) in [4.78, 5) is 26.4. The molecule has 5 rings (SSSR count). The minimum Gasteiger partial charge on any atom is -0.508 e. The van der Waals surface area contributed by atoms with Crippen molar-refractivity contribution in [2.45, 2.75) is 147 Å². The van der Waals surface area contributed by atoms with Crippen LogP contribution in [0.5, 0.6) is 5.75 Å². The number of carbonyl (C=O) groups excluding carboxylic acids is 2. The van der Waals surface area contributed by atoms with Crippen LogP contribution < -0.4 is 0 Å². The number of phenols is 1. The van der Waals surface area contributed by atoms with E-state index in [1.807, 2.05) is 24.1 Å². The Morgan fingerprint density at radius 3 is 2.45 bits per heavy atom. The number of unbranched alkanes of at least 4 members (excludes halogenated alkanes) is 8. The maximum Gasteiger partial charge on any atom is 0.306 e. The first-order valence-corrected chi connectivity index (χ1v) is 17.6. The van der Waals surface area contributed by atoms with E-state index in [0.717, 1.165) is 51.5 Å². The van der Waals surface area contributed by atoms with Gasteiger partial charge in [0, 0.05) is 31.8 Å². The SMILES string of the molecule is CCCCN(C)C(=O)CCCCCCCCCC[C@@H]1Cc2cc(O)ccc2C2CC[C@@]3(C)C(CC[C@@]34CCC(=O)O4)C21. The molecule has 0 bridgehead atoms.